The van der Waals surface area contributed by atoms with Gasteiger partial charge in [0.2, 0.25) is 0 Å². The van der Waals surface area contributed by atoms with Crippen LogP contribution in [0.4, 0.5) is 17.1 Å². The summed E-state index contributed by atoms with van der Waals surface area (Å²) in [5.74, 6) is 8.38. The Morgan fingerprint density at radius 3 is 1.37 bits per heavy atom. The van der Waals surface area contributed by atoms with Crippen LogP contribution < -0.4 is 14.4 Å². The van der Waals surface area contributed by atoms with Gasteiger partial charge in [-0.05, 0) is 167 Å². The van der Waals surface area contributed by atoms with Crippen LogP contribution in [0.5, 0.6) is 11.5 Å². The molecule has 7 heteroatoms. The third-order valence-electron chi connectivity index (χ3n) is 15.2. The lowest BCUT2D eigenvalue weighted by molar-refractivity contribution is 0.307. The van der Waals surface area contributed by atoms with Crippen LogP contribution in [0.1, 0.15) is 175 Å². The zero-order valence-corrected chi connectivity index (χ0v) is 47.6. The number of nitrogens with zero attached hydrogens (tertiary/aromatic N) is 3. The molecule has 78 heavy (non-hydrogen) atoms. The molecule has 0 spiro atoms. The fourth-order valence-corrected chi connectivity index (χ4v) is 11.0. The van der Waals surface area contributed by atoms with Gasteiger partial charge in [0.05, 0.1) is 58.3 Å². The fraction of sp³-hybridized carbons (Fsp3) is 0.352. The van der Waals surface area contributed by atoms with E-state index in [0.29, 0.717) is 13.2 Å². The second-order valence-electron chi connectivity index (χ2n) is 21.1. The summed E-state index contributed by atoms with van der Waals surface area (Å²) in [5, 5.41) is 0. The van der Waals surface area contributed by atoms with Gasteiger partial charge in [-0.3, -0.25) is 0 Å². The van der Waals surface area contributed by atoms with Gasteiger partial charge in [-0.25, -0.2) is 9.97 Å². The number of aromatic nitrogens is 4. The minimum atomic E-state index is 0.632. The molecule has 0 saturated carbocycles. The van der Waals surface area contributed by atoms with E-state index in [2.05, 4.69) is 202 Å². The standard InChI is InChI=1S/C71H81N5O2/c1-8-13-17-19-28-52-32-36-54(37-33-52)76(55-38-34-53(35-39-55)29-20-18-14-9-2)71-63-46-44-61(74-63)69(67-50(6)26-23-30-65(67)77-48-21-15-10-3)59-42-40-57(72-59)56(25-12-5)58-41-43-60(73-58)70(62-45-47-64(71)75-62)68-51(7)27-24-31-66(68)78-49-22-16-11-4/h23-24,26-27,30-47,72,75H,8-11,13-22,28-29,48-49H2,1-7H3. The first-order valence-electron chi connectivity index (χ1n) is 29.4. The number of benzene rings is 4. The van der Waals surface area contributed by atoms with Crippen LogP contribution in [0.2, 0.25) is 0 Å². The minimum Gasteiger partial charge on any atom is -0.493 e. The molecule has 9 rings (SSSR count). The highest BCUT2D eigenvalue weighted by molar-refractivity contribution is 6.01. The van der Waals surface area contributed by atoms with E-state index in [1.165, 1.54) is 62.5 Å². The van der Waals surface area contributed by atoms with Gasteiger partial charge in [0.15, 0.2) is 0 Å². The Morgan fingerprint density at radius 2 is 0.872 bits per heavy atom. The van der Waals surface area contributed by atoms with Gasteiger partial charge in [0, 0.05) is 44.7 Å². The molecule has 2 aliphatic rings. The first kappa shape index (κ1) is 55.2. The molecule has 0 unspecified atom stereocenters. The largest absolute Gasteiger partial charge is 0.493 e. The fourth-order valence-electron chi connectivity index (χ4n) is 11.0. The van der Waals surface area contributed by atoms with Crippen molar-refractivity contribution in [3.8, 4) is 45.6 Å². The molecular formula is C71H81N5O2. The van der Waals surface area contributed by atoms with Crippen molar-refractivity contribution < 1.29 is 9.47 Å². The molecule has 7 nitrogen and oxygen atoms in total. The van der Waals surface area contributed by atoms with Crippen molar-refractivity contribution in [2.45, 2.75) is 151 Å². The lowest BCUT2D eigenvalue weighted by Crippen LogP contribution is -2.12. The molecule has 8 bridgehead atoms. The number of fused-ring (bicyclic) bond motifs is 8. The molecule has 2 aliphatic heterocycles. The molecule has 0 saturated heterocycles. The van der Waals surface area contributed by atoms with Gasteiger partial charge in [-0.1, -0.05) is 146 Å². The van der Waals surface area contributed by atoms with Crippen LogP contribution >= 0.6 is 0 Å². The van der Waals surface area contributed by atoms with Crippen LogP contribution in [-0.2, 0) is 12.8 Å². The van der Waals surface area contributed by atoms with Gasteiger partial charge >= 0.3 is 0 Å². The van der Waals surface area contributed by atoms with Gasteiger partial charge in [0.25, 0.3) is 0 Å². The Hall–Kier alpha value is -7.56. The average molecular weight is 1040 g/mol. The Labute approximate surface area is 465 Å². The Morgan fingerprint density at radius 1 is 0.436 bits per heavy atom. The van der Waals surface area contributed by atoms with E-state index in [1.807, 2.05) is 6.92 Å². The monoisotopic (exact) mass is 1040 g/mol. The van der Waals surface area contributed by atoms with E-state index in [4.69, 9.17) is 19.4 Å². The summed E-state index contributed by atoms with van der Waals surface area (Å²) in [6.45, 7) is 16.5. The molecule has 0 fully saturated rings. The van der Waals surface area contributed by atoms with Gasteiger partial charge in [0.1, 0.15) is 11.5 Å². The molecule has 2 N–H and O–H groups in total. The van der Waals surface area contributed by atoms with E-state index >= 15 is 0 Å². The van der Waals surface area contributed by atoms with Crippen molar-refractivity contribution in [3.05, 3.63) is 160 Å². The highest BCUT2D eigenvalue weighted by Crippen LogP contribution is 2.45. The average Bonchev–Trinajstić information content (AvgIpc) is 4.47. The van der Waals surface area contributed by atoms with Crippen molar-refractivity contribution in [1.29, 1.82) is 0 Å². The van der Waals surface area contributed by atoms with Crippen LogP contribution in [0, 0.1) is 25.7 Å². The summed E-state index contributed by atoms with van der Waals surface area (Å²) in [5.41, 5.74) is 19.6. The number of hydrogen-bond acceptors (Lipinski definition) is 5. The van der Waals surface area contributed by atoms with Crippen LogP contribution in [0.3, 0.4) is 0 Å². The van der Waals surface area contributed by atoms with Gasteiger partial charge in [-0.2, -0.15) is 0 Å². The van der Waals surface area contributed by atoms with Crippen LogP contribution in [-0.4, -0.2) is 33.1 Å². The molecule has 3 aromatic heterocycles. The number of aromatic amines is 2. The predicted octanol–water partition coefficient (Wildman–Crippen LogP) is 19.8. The summed E-state index contributed by atoms with van der Waals surface area (Å²) in [6, 6.07) is 40.0. The quantitative estimate of drug-likeness (QED) is 0.0440. The number of rotatable bonds is 25. The molecule has 0 atom stereocenters. The second-order valence-corrected chi connectivity index (χ2v) is 21.1. The second kappa shape index (κ2) is 27.2. The summed E-state index contributed by atoms with van der Waals surface area (Å²) in [7, 11) is 0. The molecule has 0 amide bonds. The molecule has 4 aromatic carbocycles. The number of hydrogen-bond donors (Lipinski definition) is 2. The van der Waals surface area contributed by atoms with Crippen LogP contribution in [0.15, 0.2) is 109 Å². The predicted molar refractivity (Wildman–Crippen MR) is 332 cm³/mol. The molecule has 7 aromatic rings. The first-order chi connectivity index (χ1) is 38.3. The molecule has 0 aliphatic carbocycles. The van der Waals surface area contributed by atoms with E-state index < -0.39 is 0 Å². The third kappa shape index (κ3) is 12.9. The molecule has 402 valence electrons. The van der Waals surface area contributed by atoms with E-state index in [9.17, 15) is 0 Å². The number of nitrogens with one attached hydrogen (secondary N) is 2. The maximum absolute atomic E-state index is 6.74. The number of H-pyrrole nitrogens is 2. The molecule has 5 heterocycles. The summed E-state index contributed by atoms with van der Waals surface area (Å²) >= 11 is 0. The molecule has 0 radical (unpaired) electrons. The molecular weight excluding hydrogens is 955 g/mol. The Balaban J connectivity index is 1.39. The van der Waals surface area contributed by atoms with Crippen LogP contribution in [0.25, 0.3) is 68.6 Å². The van der Waals surface area contributed by atoms with E-state index in [1.54, 1.807) is 0 Å². The maximum Gasteiger partial charge on any atom is 0.127 e. The number of anilines is 3. The number of aryl methyl sites for hydroxylation is 4. The summed E-state index contributed by atoms with van der Waals surface area (Å²) < 4.78 is 13.5. The topological polar surface area (TPSA) is 79.1 Å². The lowest BCUT2D eigenvalue weighted by Gasteiger charge is -2.27. The number of unbranched alkanes of at least 4 members (excludes halogenated alkanes) is 10. The van der Waals surface area contributed by atoms with Gasteiger partial charge < -0.3 is 24.3 Å². The maximum atomic E-state index is 6.74. The Bertz CT molecular complexity index is 3340. The Kier molecular flexibility index (Phi) is 19.2. The van der Waals surface area contributed by atoms with Crippen molar-refractivity contribution >= 4 is 63.4 Å². The van der Waals surface area contributed by atoms with Crippen molar-refractivity contribution in [2.75, 3.05) is 18.1 Å². The zero-order chi connectivity index (χ0) is 54.2. The minimum absolute atomic E-state index is 0.632. The van der Waals surface area contributed by atoms with Gasteiger partial charge in [-0.15, -0.1) is 5.92 Å². The van der Waals surface area contributed by atoms with E-state index in [0.717, 1.165) is 164 Å². The highest BCUT2D eigenvalue weighted by Gasteiger charge is 2.25. The zero-order valence-electron chi connectivity index (χ0n) is 47.6. The first-order valence-corrected chi connectivity index (χ1v) is 29.4. The highest BCUT2D eigenvalue weighted by atomic mass is 16.5. The SMILES string of the molecule is CC#Cc1c2nc(c(-c3c(C)cccc3OCCCCC)c3ccc([nH]3)c(N(c3ccc(CCCCCC)cc3)c3ccc(CCCCCC)cc3)c3nc(c(-c4c(C)cccc4OCCCCC)c4ccc1[nH]4)C=C3)C=C2. The smallest absolute Gasteiger partial charge is 0.127 e. The van der Waals surface area contributed by atoms with E-state index in [-0.39, 0.29) is 0 Å². The summed E-state index contributed by atoms with van der Waals surface area (Å²) in [6.07, 6.45) is 27.0. The number of ether oxygens (including phenoxy) is 2. The lowest BCUT2D eigenvalue weighted by atomic mass is 9.97. The van der Waals surface area contributed by atoms with Crippen molar-refractivity contribution in [1.82, 2.24) is 19.9 Å². The van der Waals surface area contributed by atoms with Crippen molar-refractivity contribution in [3.63, 3.8) is 0 Å². The third-order valence-corrected chi connectivity index (χ3v) is 15.2. The normalized spacial score (nSPS) is 11.7. The summed E-state index contributed by atoms with van der Waals surface area (Å²) in [4.78, 5) is 21.7. The van der Waals surface area contributed by atoms with Crippen molar-refractivity contribution in [2.24, 2.45) is 0 Å².